The molecule has 1 aliphatic heterocycles. The molecule has 10 heteroatoms. The molecular weight excluding hydrogens is 490 g/mol. The summed E-state index contributed by atoms with van der Waals surface area (Å²) in [6.07, 6.45) is 4.99. The fourth-order valence-electron chi connectivity index (χ4n) is 4.56. The van der Waals surface area contributed by atoms with Crippen LogP contribution < -0.4 is 5.32 Å². The van der Waals surface area contributed by atoms with Crippen LogP contribution in [0, 0.1) is 0 Å². The average molecular weight is 518 g/mol. The second-order valence-electron chi connectivity index (χ2n) is 8.95. The molecule has 8 nitrogen and oxygen atoms in total. The summed E-state index contributed by atoms with van der Waals surface area (Å²) in [5.41, 5.74) is 0.639. The number of carbonyl (C=O) groups is 3. The van der Waals surface area contributed by atoms with E-state index >= 15 is 0 Å². The van der Waals surface area contributed by atoms with E-state index in [0.717, 1.165) is 32.1 Å². The van der Waals surface area contributed by atoms with Gasteiger partial charge >= 0.3 is 0 Å². The Morgan fingerprint density at radius 3 is 2.43 bits per heavy atom. The highest BCUT2D eigenvalue weighted by atomic mass is 35.5. The fourth-order valence-corrected chi connectivity index (χ4v) is 6.28. The lowest BCUT2D eigenvalue weighted by atomic mass is 9.95. The Morgan fingerprint density at radius 1 is 1.09 bits per heavy atom. The molecule has 2 aliphatic rings. The first-order valence-electron chi connectivity index (χ1n) is 11.7. The molecule has 0 spiro atoms. The maximum atomic E-state index is 13.5. The lowest BCUT2D eigenvalue weighted by molar-refractivity contribution is -0.140. The van der Waals surface area contributed by atoms with Gasteiger partial charge in [-0.25, -0.2) is 12.7 Å². The van der Waals surface area contributed by atoms with E-state index < -0.39 is 34.4 Å². The quantitative estimate of drug-likeness (QED) is 0.606. The Labute approximate surface area is 210 Å². The molecule has 1 atom stereocenters. The van der Waals surface area contributed by atoms with Crippen LogP contribution in [0.5, 0.6) is 0 Å². The van der Waals surface area contributed by atoms with Crippen LogP contribution in [0.1, 0.15) is 54.9 Å². The van der Waals surface area contributed by atoms with Gasteiger partial charge in [-0.2, -0.15) is 0 Å². The summed E-state index contributed by atoms with van der Waals surface area (Å²) in [5, 5.41) is 3.44. The Hall–Kier alpha value is -2.91. The second kappa shape index (κ2) is 10.4. The van der Waals surface area contributed by atoms with Gasteiger partial charge in [-0.3, -0.25) is 14.4 Å². The molecule has 1 saturated carbocycles. The van der Waals surface area contributed by atoms with Crippen molar-refractivity contribution in [2.45, 2.75) is 62.6 Å². The van der Waals surface area contributed by atoms with Gasteiger partial charge in [0, 0.05) is 17.6 Å². The van der Waals surface area contributed by atoms with Gasteiger partial charge in [0.15, 0.2) is 0 Å². The molecule has 4 rings (SSSR count). The summed E-state index contributed by atoms with van der Waals surface area (Å²) in [7, 11) is -4.16. The molecule has 1 N–H and O–H groups in total. The summed E-state index contributed by atoms with van der Waals surface area (Å²) >= 11 is 6.31. The van der Waals surface area contributed by atoms with E-state index in [1.165, 1.54) is 23.1 Å². The largest absolute Gasteiger partial charge is 0.352 e. The first-order chi connectivity index (χ1) is 16.7. The predicted molar refractivity (Wildman–Crippen MR) is 131 cm³/mol. The number of fused-ring (bicyclic) bond motifs is 1. The number of benzene rings is 2. The van der Waals surface area contributed by atoms with Crippen LogP contribution in [0.15, 0.2) is 53.4 Å². The zero-order chi connectivity index (χ0) is 25.2. The lowest BCUT2D eigenvalue weighted by Gasteiger charge is -2.32. The lowest BCUT2D eigenvalue weighted by Crippen LogP contribution is -2.52. The van der Waals surface area contributed by atoms with Crippen LogP contribution in [0.3, 0.4) is 0 Å². The topological polar surface area (TPSA) is 104 Å². The Morgan fingerprint density at radius 2 is 1.74 bits per heavy atom. The third kappa shape index (κ3) is 5.21. The summed E-state index contributed by atoms with van der Waals surface area (Å²) in [4.78, 5) is 40.6. The molecule has 186 valence electrons. The number of hydrogen-bond acceptors (Lipinski definition) is 5. The van der Waals surface area contributed by atoms with Crippen LogP contribution in [0.25, 0.3) is 0 Å². The highest BCUT2D eigenvalue weighted by Crippen LogP contribution is 2.30. The van der Waals surface area contributed by atoms with Crippen LogP contribution in [0.4, 0.5) is 0 Å². The van der Waals surface area contributed by atoms with Gasteiger partial charge in [0.05, 0.1) is 5.56 Å². The highest BCUT2D eigenvalue weighted by molar-refractivity contribution is 7.90. The van der Waals surface area contributed by atoms with E-state index in [-0.39, 0.29) is 29.0 Å². The minimum atomic E-state index is -4.16. The van der Waals surface area contributed by atoms with E-state index in [2.05, 4.69) is 5.32 Å². The van der Waals surface area contributed by atoms with Crippen molar-refractivity contribution in [1.82, 2.24) is 14.5 Å². The monoisotopic (exact) mass is 517 g/mol. The highest BCUT2D eigenvalue weighted by Gasteiger charge is 2.43. The summed E-state index contributed by atoms with van der Waals surface area (Å²) < 4.78 is 26.5. The molecule has 1 aliphatic carbocycles. The van der Waals surface area contributed by atoms with E-state index in [0.29, 0.717) is 14.9 Å². The molecular formula is C25H28ClN3O5S. The van der Waals surface area contributed by atoms with Crippen LogP contribution >= 0.6 is 11.6 Å². The van der Waals surface area contributed by atoms with E-state index in [1.54, 1.807) is 37.3 Å². The Kier molecular flexibility index (Phi) is 7.47. The maximum absolute atomic E-state index is 13.5. The molecule has 2 aromatic rings. The molecule has 1 fully saturated rings. The molecule has 0 bridgehead atoms. The fraction of sp³-hybridized carbons (Fsp3) is 0.400. The van der Waals surface area contributed by atoms with E-state index in [9.17, 15) is 22.8 Å². The number of hydrogen-bond donors (Lipinski definition) is 1. The predicted octanol–water partition coefficient (Wildman–Crippen LogP) is 3.35. The number of nitrogens with one attached hydrogen (secondary N) is 1. The third-order valence-electron chi connectivity index (χ3n) is 6.61. The van der Waals surface area contributed by atoms with Gasteiger partial charge in [-0.05, 0) is 43.5 Å². The molecule has 0 unspecified atom stereocenters. The van der Waals surface area contributed by atoms with Crippen LogP contribution in [0.2, 0.25) is 5.02 Å². The smallest absolute Gasteiger partial charge is 0.269 e. The van der Waals surface area contributed by atoms with Crippen molar-refractivity contribution >= 4 is 39.3 Å². The van der Waals surface area contributed by atoms with Gasteiger partial charge in [0.1, 0.15) is 17.5 Å². The van der Waals surface area contributed by atoms with Crippen molar-refractivity contribution in [3.63, 3.8) is 0 Å². The summed E-state index contributed by atoms with van der Waals surface area (Å²) in [6, 6.07) is 11.9. The third-order valence-corrected chi connectivity index (χ3v) is 8.76. The maximum Gasteiger partial charge on any atom is 0.269 e. The minimum absolute atomic E-state index is 0.00716. The van der Waals surface area contributed by atoms with Crippen molar-refractivity contribution in [3.8, 4) is 0 Å². The van der Waals surface area contributed by atoms with Gasteiger partial charge in [0.25, 0.3) is 15.9 Å². The summed E-state index contributed by atoms with van der Waals surface area (Å²) in [5.74, 6) is -1.75. The first kappa shape index (κ1) is 25.2. The first-order valence-corrected chi connectivity index (χ1v) is 13.5. The zero-order valence-electron chi connectivity index (χ0n) is 19.4. The molecule has 0 radical (unpaired) electrons. The Balaban J connectivity index is 1.58. The van der Waals surface area contributed by atoms with Gasteiger partial charge in [-0.15, -0.1) is 0 Å². The number of amides is 3. The molecule has 2 aromatic carbocycles. The molecule has 0 saturated heterocycles. The Bertz CT molecular complexity index is 1240. The van der Waals surface area contributed by atoms with Crippen LogP contribution in [-0.4, -0.2) is 54.0 Å². The number of halogens is 1. The van der Waals surface area contributed by atoms with Gasteiger partial charge < -0.3 is 10.2 Å². The second-order valence-corrected chi connectivity index (χ2v) is 11.2. The minimum Gasteiger partial charge on any atom is -0.352 e. The van der Waals surface area contributed by atoms with Gasteiger partial charge in [0.2, 0.25) is 11.8 Å². The SMILES string of the molecule is C[C@@H](C(=O)NC1CCCCC1)N(Cc1ccccc1Cl)C(=O)CN1C(=O)c2ccccc2S1(=O)=O. The summed E-state index contributed by atoms with van der Waals surface area (Å²) in [6.45, 7) is 0.885. The van der Waals surface area contributed by atoms with E-state index in [1.807, 2.05) is 0 Å². The molecule has 1 heterocycles. The van der Waals surface area contributed by atoms with Crippen molar-refractivity contribution in [2.75, 3.05) is 6.54 Å². The number of nitrogens with zero attached hydrogens (tertiary/aromatic N) is 2. The number of carbonyl (C=O) groups excluding carboxylic acids is 3. The molecule has 3 amide bonds. The number of rotatable bonds is 7. The zero-order valence-corrected chi connectivity index (χ0v) is 21.0. The average Bonchev–Trinajstić information content (AvgIpc) is 3.04. The number of sulfonamides is 1. The van der Waals surface area contributed by atoms with Crippen molar-refractivity contribution in [1.29, 1.82) is 0 Å². The van der Waals surface area contributed by atoms with Crippen molar-refractivity contribution in [2.24, 2.45) is 0 Å². The van der Waals surface area contributed by atoms with Crippen LogP contribution in [-0.2, 0) is 26.2 Å². The van der Waals surface area contributed by atoms with Gasteiger partial charge in [-0.1, -0.05) is 61.2 Å². The molecule has 35 heavy (non-hydrogen) atoms. The van der Waals surface area contributed by atoms with Crippen molar-refractivity contribution < 1.29 is 22.8 Å². The van der Waals surface area contributed by atoms with E-state index in [4.69, 9.17) is 11.6 Å². The van der Waals surface area contributed by atoms with Crippen molar-refractivity contribution in [3.05, 3.63) is 64.7 Å². The molecule has 0 aromatic heterocycles. The standard InChI is InChI=1S/C25H28ClN3O5S/c1-17(24(31)27-19-10-3-2-4-11-19)28(15-18-9-5-7-13-21(18)26)23(30)16-29-25(32)20-12-6-8-14-22(20)35(29,33)34/h5-9,12-14,17,19H,2-4,10-11,15-16H2,1H3,(H,27,31)/t17-/m0/s1. The normalized spacial score (nSPS) is 18.1.